The van der Waals surface area contributed by atoms with Crippen molar-refractivity contribution in [2.24, 2.45) is 23.7 Å². The molecule has 2 aliphatic rings. The fourth-order valence-corrected chi connectivity index (χ4v) is 5.15. The van der Waals surface area contributed by atoms with Gasteiger partial charge >= 0.3 is 5.97 Å². The minimum Gasteiger partial charge on any atom is -0.425 e. The Morgan fingerprint density at radius 1 is 1.00 bits per heavy atom. The van der Waals surface area contributed by atoms with Gasteiger partial charge in [0.25, 0.3) is 0 Å². The molecule has 1 heterocycles. The number of ether oxygens (including phenoxy) is 1. The third-order valence-electron chi connectivity index (χ3n) is 6.89. The average Bonchev–Trinajstić information content (AvgIpc) is 2.67. The van der Waals surface area contributed by atoms with Gasteiger partial charge in [-0.2, -0.15) is 0 Å². The zero-order valence-electron chi connectivity index (χ0n) is 16.6. The molecule has 0 aromatic carbocycles. The van der Waals surface area contributed by atoms with Gasteiger partial charge in [-0.3, -0.25) is 9.78 Å². The van der Waals surface area contributed by atoms with Crippen molar-refractivity contribution in [2.45, 2.75) is 84.5 Å². The normalized spacial score (nSPS) is 29.3. The third kappa shape index (κ3) is 5.56. The van der Waals surface area contributed by atoms with Gasteiger partial charge < -0.3 is 4.74 Å². The molecule has 2 aliphatic carbocycles. The largest absolute Gasteiger partial charge is 0.425 e. The van der Waals surface area contributed by atoms with Crippen LogP contribution in [-0.4, -0.2) is 11.0 Å². The van der Waals surface area contributed by atoms with Crippen molar-refractivity contribution in [1.29, 1.82) is 0 Å². The first-order chi connectivity index (χ1) is 12.6. The van der Waals surface area contributed by atoms with Crippen LogP contribution in [0.15, 0.2) is 18.3 Å². The molecular weight excluding hydrogens is 322 g/mol. The van der Waals surface area contributed by atoms with Gasteiger partial charge in [0.1, 0.15) is 5.75 Å². The predicted octanol–water partition coefficient (Wildman–Crippen LogP) is 5.96. The highest BCUT2D eigenvalue weighted by molar-refractivity contribution is 5.69. The Morgan fingerprint density at radius 3 is 2.12 bits per heavy atom. The van der Waals surface area contributed by atoms with Crippen LogP contribution in [0.5, 0.6) is 5.75 Å². The Bertz CT molecular complexity index is 552. The maximum atomic E-state index is 11.0. The fraction of sp³-hybridized carbons (Fsp3) is 0.739. The Hall–Kier alpha value is -1.38. The molecule has 0 saturated heterocycles. The van der Waals surface area contributed by atoms with E-state index in [1.807, 2.05) is 12.1 Å². The first-order valence-electron chi connectivity index (χ1n) is 10.8. The second-order valence-electron chi connectivity index (χ2n) is 8.59. The number of hydrogen-bond acceptors (Lipinski definition) is 3. The Labute approximate surface area is 158 Å². The van der Waals surface area contributed by atoms with E-state index in [-0.39, 0.29) is 5.97 Å². The zero-order valence-corrected chi connectivity index (χ0v) is 16.6. The summed E-state index contributed by atoms with van der Waals surface area (Å²) < 4.78 is 5.05. The highest BCUT2D eigenvalue weighted by Gasteiger charge is 2.30. The van der Waals surface area contributed by atoms with Crippen molar-refractivity contribution in [3.05, 3.63) is 24.0 Å². The van der Waals surface area contributed by atoms with Crippen LogP contribution >= 0.6 is 0 Å². The summed E-state index contributed by atoms with van der Waals surface area (Å²) in [4.78, 5) is 15.4. The van der Waals surface area contributed by atoms with Gasteiger partial charge in [0.15, 0.2) is 0 Å². The molecule has 0 unspecified atom stereocenters. The van der Waals surface area contributed by atoms with Crippen LogP contribution in [0.3, 0.4) is 0 Å². The number of aryl methyl sites for hydroxylation is 1. The van der Waals surface area contributed by atoms with Crippen LogP contribution in [0.25, 0.3) is 0 Å². The van der Waals surface area contributed by atoms with Crippen LogP contribution in [0, 0.1) is 23.7 Å². The van der Waals surface area contributed by atoms with Gasteiger partial charge in [-0.05, 0) is 74.3 Å². The van der Waals surface area contributed by atoms with Crippen molar-refractivity contribution in [3.63, 3.8) is 0 Å². The molecular formula is C23H35NO2. The first kappa shape index (κ1) is 19.4. The highest BCUT2D eigenvalue weighted by atomic mass is 16.5. The molecule has 3 rings (SSSR count). The van der Waals surface area contributed by atoms with Gasteiger partial charge in [-0.15, -0.1) is 0 Å². The lowest BCUT2D eigenvalue weighted by Crippen LogP contribution is -2.25. The van der Waals surface area contributed by atoms with E-state index in [9.17, 15) is 4.79 Å². The standard InChI is InChI=1S/C23H35NO2/c1-3-18-4-9-20(10-5-18)21-11-6-19(7-12-21)8-13-22-14-15-23(16-24-22)26-17(2)25/h14-16,18-21H,3-13H2,1-2H3/t18-,19?,20-,21?. The van der Waals surface area contributed by atoms with Gasteiger partial charge in [0.2, 0.25) is 0 Å². The van der Waals surface area contributed by atoms with E-state index in [2.05, 4.69) is 11.9 Å². The van der Waals surface area contributed by atoms with Crippen LogP contribution in [0.2, 0.25) is 0 Å². The smallest absolute Gasteiger partial charge is 0.308 e. The molecule has 0 amide bonds. The maximum absolute atomic E-state index is 11.0. The van der Waals surface area contributed by atoms with E-state index in [1.54, 1.807) is 6.20 Å². The molecule has 1 aromatic heterocycles. The van der Waals surface area contributed by atoms with E-state index in [1.165, 1.54) is 71.1 Å². The van der Waals surface area contributed by atoms with Crippen LogP contribution in [0.1, 0.15) is 83.7 Å². The van der Waals surface area contributed by atoms with Crippen LogP contribution in [0.4, 0.5) is 0 Å². The monoisotopic (exact) mass is 357 g/mol. The molecule has 0 spiro atoms. The molecule has 2 fully saturated rings. The fourth-order valence-electron chi connectivity index (χ4n) is 5.15. The Balaban J connectivity index is 1.37. The molecule has 0 radical (unpaired) electrons. The molecule has 1 aromatic rings. The molecule has 2 saturated carbocycles. The van der Waals surface area contributed by atoms with Crippen molar-refractivity contribution >= 4 is 5.97 Å². The predicted molar refractivity (Wildman–Crippen MR) is 105 cm³/mol. The molecule has 144 valence electrons. The lowest BCUT2D eigenvalue weighted by molar-refractivity contribution is -0.131. The summed E-state index contributed by atoms with van der Waals surface area (Å²) in [6.07, 6.45) is 17.0. The zero-order chi connectivity index (χ0) is 18.4. The maximum Gasteiger partial charge on any atom is 0.308 e. The number of carbonyl (C=O) groups is 1. The second-order valence-corrected chi connectivity index (χ2v) is 8.59. The number of rotatable bonds is 6. The molecule has 26 heavy (non-hydrogen) atoms. The summed E-state index contributed by atoms with van der Waals surface area (Å²) in [5.41, 5.74) is 1.11. The van der Waals surface area contributed by atoms with E-state index < -0.39 is 0 Å². The van der Waals surface area contributed by atoms with Crippen molar-refractivity contribution in [1.82, 2.24) is 4.98 Å². The van der Waals surface area contributed by atoms with Gasteiger partial charge in [-0.1, -0.05) is 39.0 Å². The quantitative estimate of drug-likeness (QED) is 0.589. The number of aromatic nitrogens is 1. The minimum atomic E-state index is -0.292. The second kappa shape index (κ2) is 9.53. The number of esters is 1. The molecule has 0 aliphatic heterocycles. The molecule has 0 N–H and O–H groups in total. The highest BCUT2D eigenvalue weighted by Crippen LogP contribution is 2.42. The van der Waals surface area contributed by atoms with Crippen molar-refractivity contribution in [2.75, 3.05) is 0 Å². The number of pyridine rings is 1. The summed E-state index contributed by atoms with van der Waals surface area (Å²) in [6.45, 7) is 3.77. The number of carbonyl (C=O) groups excluding carboxylic acids is 1. The Morgan fingerprint density at radius 2 is 1.62 bits per heavy atom. The van der Waals surface area contributed by atoms with Gasteiger partial charge in [0, 0.05) is 12.6 Å². The number of nitrogens with zero attached hydrogens (tertiary/aromatic N) is 1. The summed E-state index contributed by atoms with van der Waals surface area (Å²) in [5, 5.41) is 0. The molecule has 0 atom stereocenters. The third-order valence-corrected chi connectivity index (χ3v) is 6.89. The van der Waals surface area contributed by atoms with Crippen molar-refractivity contribution < 1.29 is 9.53 Å². The molecule has 0 bridgehead atoms. The first-order valence-corrected chi connectivity index (χ1v) is 10.8. The lowest BCUT2D eigenvalue weighted by Gasteiger charge is -2.37. The van der Waals surface area contributed by atoms with Crippen molar-refractivity contribution in [3.8, 4) is 5.75 Å². The molecule has 3 nitrogen and oxygen atoms in total. The topological polar surface area (TPSA) is 39.2 Å². The number of hydrogen-bond donors (Lipinski definition) is 0. The lowest BCUT2D eigenvalue weighted by atomic mass is 9.68. The SMILES string of the molecule is CC[C@H]1CC[C@H](C2CCC(CCc3ccc(OC(C)=O)cn3)CC2)CC1. The van der Waals surface area contributed by atoms with Crippen LogP contribution in [-0.2, 0) is 11.2 Å². The molecule has 3 heteroatoms. The summed E-state index contributed by atoms with van der Waals surface area (Å²) in [6, 6.07) is 3.85. The summed E-state index contributed by atoms with van der Waals surface area (Å²) in [7, 11) is 0. The van der Waals surface area contributed by atoms with E-state index in [0.29, 0.717) is 5.75 Å². The van der Waals surface area contributed by atoms with E-state index in [4.69, 9.17) is 4.74 Å². The average molecular weight is 358 g/mol. The summed E-state index contributed by atoms with van der Waals surface area (Å²) >= 11 is 0. The Kier molecular flexibility index (Phi) is 7.10. The van der Waals surface area contributed by atoms with Gasteiger partial charge in [0.05, 0.1) is 6.20 Å². The van der Waals surface area contributed by atoms with E-state index in [0.717, 1.165) is 35.8 Å². The van der Waals surface area contributed by atoms with Crippen LogP contribution < -0.4 is 4.74 Å². The minimum absolute atomic E-state index is 0.292. The van der Waals surface area contributed by atoms with E-state index >= 15 is 0 Å². The van der Waals surface area contributed by atoms with Gasteiger partial charge in [-0.25, -0.2) is 0 Å². The summed E-state index contributed by atoms with van der Waals surface area (Å²) in [5.74, 6) is 4.16.